The molecule has 10 heteroatoms. The van der Waals surface area contributed by atoms with Gasteiger partial charge in [0.25, 0.3) is 5.91 Å². The lowest BCUT2D eigenvalue weighted by Gasteiger charge is -2.22. The Kier molecular flexibility index (Phi) is 6.52. The maximum absolute atomic E-state index is 14.1. The third-order valence-electron chi connectivity index (χ3n) is 4.59. The van der Waals surface area contributed by atoms with E-state index in [4.69, 9.17) is 0 Å². The average molecular weight is 447 g/mol. The van der Waals surface area contributed by atoms with Crippen molar-refractivity contribution in [2.75, 3.05) is 18.8 Å². The van der Waals surface area contributed by atoms with Crippen LogP contribution in [0.4, 0.5) is 17.6 Å². The summed E-state index contributed by atoms with van der Waals surface area (Å²) in [5.41, 5.74) is -0.127. The van der Waals surface area contributed by atoms with Crippen LogP contribution in [0.15, 0.2) is 47.4 Å². The number of hydrogen-bond donors (Lipinski definition) is 0. The van der Waals surface area contributed by atoms with Gasteiger partial charge < -0.3 is 4.90 Å². The molecule has 0 aromatic heterocycles. The molecule has 1 saturated heterocycles. The van der Waals surface area contributed by atoms with Gasteiger partial charge in [-0.25, -0.2) is 17.2 Å². The van der Waals surface area contributed by atoms with Gasteiger partial charge in [0, 0.05) is 29.7 Å². The van der Waals surface area contributed by atoms with Gasteiger partial charge in [-0.3, -0.25) is 4.79 Å². The van der Waals surface area contributed by atoms with Crippen LogP contribution in [-0.2, 0) is 9.84 Å². The third kappa shape index (κ3) is 4.58. The fourth-order valence-electron chi connectivity index (χ4n) is 3.14. The minimum absolute atomic E-state index is 0.148. The minimum atomic E-state index is -4.94. The van der Waals surface area contributed by atoms with Crippen molar-refractivity contribution in [1.82, 2.24) is 4.90 Å². The van der Waals surface area contributed by atoms with Crippen LogP contribution in [0, 0.1) is 11.6 Å². The van der Waals surface area contributed by atoms with Gasteiger partial charge in [0.05, 0.1) is 10.5 Å². The van der Waals surface area contributed by atoms with Gasteiger partial charge in [-0.2, -0.15) is 20.5 Å². The Morgan fingerprint density at radius 3 is 2.55 bits per heavy atom. The summed E-state index contributed by atoms with van der Waals surface area (Å²) in [5, 5.41) is -0.386. The van der Waals surface area contributed by atoms with Gasteiger partial charge in [0.2, 0.25) is 9.84 Å². The zero-order chi connectivity index (χ0) is 21.2. The van der Waals surface area contributed by atoms with E-state index < -0.39 is 38.0 Å². The molecule has 0 N–H and O–H groups in total. The number of rotatable bonds is 4. The van der Waals surface area contributed by atoms with E-state index in [9.17, 15) is 30.8 Å². The van der Waals surface area contributed by atoms with E-state index in [-0.39, 0.29) is 29.5 Å². The Bertz CT molecular complexity index is 1010. The fraction of sp³-hybridized carbons (Fsp3) is 0.316. The third-order valence-corrected chi connectivity index (χ3v) is 7.34. The molecule has 1 aliphatic rings. The number of thioether (sulfide) groups is 1. The van der Waals surface area contributed by atoms with Crippen molar-refractivity contribution in [3.63, 3.8) is 0 Å². The molecular formula is C19H17F4NO3S2. The Labute approximate surface area is 169 Å². The molecule has 2 aromatic rings. The number of sulfone groups is 1. The number of halogens is 4. The van der Waals surface area contributed by atoms with Crippen LogP contribution in [0.2, 0.25) is 0 Å². The Morgan fingerprint density at radius 2 is 1.83 bits per heavy atom. The minimum Gasteiger partial charge on any atom is -0.338 e. The average Bonchev–Trinajstić information content (AvgIpc) is 2.95. The number of nitrogens with zero attached hydrogens (tertiary/aromatic N) is 1. The molecule has 2 aromatic carbocycles. The van der Waals surface area contributed by atoms with Gasteiger partial charge in [0.1, 0.15) is 11.6 Å². The summed E-state index contributed by atoms with van der Waals surface area (Å²) in [6.07, 6.45) is 0.306. The summed E-state index contributed by atoms with van der Waals surface area (Å²) in [6.45, 7) is 0.371. The van der Waals surface area contributed by atoms with Gasteiger partial charge in [-0.1, -0.05) is 12.1 Å². The summed E-state index contributed by atoms with van der Waals surface area (Å²) in [7, 11) is -4.94. The lowest BCUT2D eigenvalue weighted by Crippen LogP contribution is -2.34. The standard InChI is InChI=1S/C19H17F4NO3S2/c20-12-5-6-15(21)14(11-12)16-7-8-24(9-10-28-16)18(25)13-3-1-2-4-17(13)29(26,27)19(22)23/h1-6,11,16,19H,7-10H2/t16-/m0/s1. The van der Waals surface area contributed by atoms with E-state index in [2.05, 4.69) is 0 Å². The van der Waals surface area contributed by atoms with E-state index in [1.54, 1.807) is 0 Å². The first-order chi connectivity index (χ1) is 13.7. The molecule has 0 bridgehead atoms. The van der Waals surface area contributed by atoms with Crippen LogP contribution in [0.3, 0.4) is 0 Å². The number of benzene rings is 2. The Morgan fingerprint density at radius 1 is 1.10 bits per heavy atom. The van der Waals surface area contributed by atoms with Crippen molar-refractivity contribution in [1.29, 1.82) is 0 Å². The molecule has 4 nitrogen and oxygen atoms in total. The lowest BCUT2D eigenvalue weighted by molar-refractivity contribution is 0.0762. The zero-order valence-electron chi connectivity index (χ0n) is 15.0. The van der Waals surface area contributed by atoms with Crippen LogP contribution in [0.5, 0.6) is 0 Å². The van der Waals surface area contributed by atoms with Crippen molar-refractivity contribution >= 4 is 27.5 Å². The smallest absolute Gasteiger partial charge is 0.338 e. The normalized spacial score (nSPS) is 18.0. The zero-order valence-corrected chi connectivity index (χ0v) is 16.7. The van der Waals surface area contributed by atoms with E-state index in [1.807, 2.05) is 0 Å². The molecule has 1 amide bonds. The lowest BCUT2D eigenvalue weighted by atomic mass is 10.1. The first kappa shape index (κ1) is 21.6. The van der Waals surface area contributed by atoms with Crippen molar-refractivity contribution in [2.45, 2.75) is 22.3 Å². The van der Waals surface area contributed by atoms with Crippen LogP contribution >= 0.6 is 11.8 Å². The summed E-state index contributed by atoms with van der Waals surface area (Å²) < 4.78 is 77.3. The summed E-state index contributed by atoms with van der Waals surface area (Å²) in [5.74, 6) is -5.04. The number of carbonyl (C=O) groups excluding carboxylic acids is 1. The summed E-state index contributed by atoms with van der Waals surface area (Å²) >= 11 is 1.35. The van der Waals surface area contributed by atoms with Crippen molar-refractivity contribution in [2.24, 2.45) is 0 Å². The highest BCUT2D eigenvalue weighted by atomic mass is 32.2. The SMILES string of the molecule is O=C(c1ccccc1S(=O)(=O)C(F)F)N1CCS[C@H](c2cc(F)ccc2F)CC1. The number of hydrogen-bond acceptors (Lipinski definition) is 4. The van der Waals surface area contributed by atoms with Crippen molar-refractivity contribution in [3.05, 3.63) is 65.2 Å². The molecule has 156 valence electrons. The number of amides is 1. The fourth-order valence-corrected chi connectivity index (χ4v) is 5.31. The molecule has 1 fully saturated rings. The van der Waals surface area contributed by atoms with Crippen molar-refractivity contribution < 1.29 is 30.8 Å². The van der Waals surface area contributed by atoms with Crippen LogP contribution in [-0.4, -0.2) is 43.8 Å². The second-order valence-electron chi connectivity index (χ2n) is 6.41. The topological polar surface area (TPSA) is 54.5 Å². The van der Waals surface area contributed by atoms with E-state index in [0.717, 1.165) is 24.3 Å². The predicted molar refractivity (Wildman–Crippen MR) is 102 cm³/mol. The monoisotopic (exact) mass is 447 g/mol. The molecule has 1 heterocycles. The molecule has 3 rings (SSSR count). The first-order valence-corrected chi connectivity index (χ1v) is 11.3. The van der Waals surface area contributed by atoms with Gasteiger partial charge in [-0.15, -0.1) is 0 Å². The highest BCUT2D eigenvalue weighted by Gasteiger charge is 2.33. The Balaban J connectivity index is 1.83. The molecule has 0 saturated carbocycles. The van der Waals surface area contributed by atoms with E-state index >= 15 is 0 Å². The molecule has 29 heavy (non-hydrogen) atoms. The first-order valence-electron chi connectivity index (χ1n) is 8.68. The highest BCUT2D eigenvalue weighted by molar-refractivity contribution is 7.99. The maximum Gasteiger partial charge on any atom is 0.341 e. The van der Waals surface area contributed by atoms with Crippen LogP contribution in [0.1, 0.15) is 27.6 Å². The quantitative estimate of drug-likeness (QED) is 0.657. The molecular weight excluding hydrogens is 430 g/mol. The molecule has 0 radical (unpaired) electrons. The molecule has 1 aliphatic heterocycles. The molecule has 1 atom stereocenters. The number of carbonyl (C=O) groups is 1. The second kappa shape index (κ2) is 8.74. The van der Waals surface area contributed by atoms with Crippen LogP contribution < -0.4 is 0 Å². The molecule has 0 spiro atoms. The van der Waals surface area contributed by atoms with Crippen molar-refractivity contribution in [3.8, 4) is 0 Å². The second-order valence-corrected chi connectivity index (χ2v) is 9.60. The highest BCUT2D eigenvalue weighted by Crippen LogP contribution is 2.36. The largest absolute Gasteiger partial charge is 0.341 e. The van der Waals surface area contributed by atoms with E-state index in [1.165, 1.54) is 34.9 Å². The summed E-state index contributed by atoms with van der Waals surface area (Å²) in [6, 6.07) is 8.03. The van der Waals surface area contributed by atoms with Gasteiger partial charge in [0.15, 0.2) is 0 Å². The summed E-state index contributed by atoms with van der Waals surface area (Å²) in [4.78, 5) is 13.5. The molecule has 0 aliphatic carbocycles. The maximum atomic E-state index is 14.1. The van der Waals surface area contributed by atoms with Gasteiger partial charge >= 0.3 is 5.76 Å². The molecule has 0 unspecified atom stereocenters. The van der Waals surface area contributed by atoms with Crippen LogP contribution in [0.25, 0.3) is 0 Å². The van der Waals surface area contributed by atoms with E-state index in [0.29, 0.717) is 12.2 Å². The van der Waals surface area contributed by atoms with Gasteiger partial charge in [-0.05, 0) is 36.8 Å². The Hall–Kier alpha value is -2.07. The predicted octanol–water partition coefficient (Wildman–Crippen LogP) is 4.28. The number of alkyl halides is 2.